The first kappa shape index (κ1) is 27.6. The number of aliphatic carboxylic acids is 1. The van der Waals surface area contributed by atoms with E-state index in [2.05, 4.69) is 10.3 Å². The number of thioether (sulfide) groups is 1. The van der Waals surface area contributed by atoms with Crippen molar-refractivity contribution in [2.45, 2.75) is 11.4 Å². The quantitative estimate of drug-likeness (QED) is 0.236. The Hall–Kier alpha value is -4.99. The Labute approximate surface area is 234 Å². The second kappa shape index (κ2) is 10.5. The summed E-state index contributed by atoms with van der Waals surface area (Å²) in [7, 11) is 0. The van der Waals surface area contributed by atoms with Gasteiger partial charge in [0.05, 0.1) is 17.6 Å². The van der Waals surface area contributed by atoms with Crippen LogP contribution in [0.25, 0.3) is 11.0 Å². The summed E-state index contributed by atoms with van der Waals surface area (Å²) in [6.45, 7) is -1.40. The molecule has 2 saturated heterocycles. The lowest BCUT2D eigenvalue weighted by atomic mass is 9.87. The number of aromatic hydroxyl groups is 1. The maximum absolute atomic E-state index is 13.5. The molecule has 0 spiro atoms. The summed E-state index contributed by atoms with van der Waals surface area (Å²) in [5.74, 6) is -2.65. The minimum atomic E-state index is -1.59. The van der Waals surface area contributed by atoms with E-state index in [0.29, 0.717) is 11.0 Å². The number of benzene rings is 2. The monoisotopic (exact) mass is 584 g/mol. The molecule has 214 valence electrons. The number of carboxylic acid groups (broad SMARTS) is 1. The molecule has 16 heteroatoms. The number of aromatic amines is 1. The molecular weight excluding hydrogens is 560 g/mol. The van der Waals surface area contributed by atoms with E-state index in [9.17, 15) is 39.0 Å². The first-order valence-corrected chi connectivity index (χ1v) is 13.2. The van der Waals surface area contributed by atoms with Gasteiger partial charge in [0.2, 0.25) is 11.8 Å². The van der Waals surface area contributed by atoms with Crippen LogP contribution >= 0.6 is 11.8 Å². The molecule has 5 rings (SSSR count). The van der Waals surface area contributed by atoms with Crippen LogP contribution in [0.2, 0.25) is 0 Å². The maximum Gasteiger partial charge on any atom is 0.404 e. The van der Waals surface area contributed by atoms with Crippen LogP contribution < -0.4 is 21.6 Å². The molecule has 3 heterocycles. The molecule has 2 aliphatic rings. The number of anilines is 1. The number of H-pyrrole nitrogens is 1. The van der Waals surface area contributed by atoms with Crippen LogP contribution in [-0.4, -0.2) is 91.4 Å². The Bertz CT molecular complexity index is 1620. The number of nitrogens with one attached hydrogen (secondary N) is 2. The number of carbonyl (C=O) groups is 5. The van der Waals surface area contributed by atoms with Crippen LogP contribution in [0.4, 0.5) is 15.3 Å². The second-order valence-electron chi connectivity index (χ2n) is 9.53. The number of ether oxygens (including phenoxy) is 1. The smallest absolute Gasteiger partial charge is 0.404 e. The van der Waals surface area contributed by atoms with E-state index < -0.39 is 65.6 Å². The molecule has 6 N–H and O–H groups in total. The van der Waals surface area contributed by atoms with Gasteiger partial charge in [-0.2, -0.15) is 0 Å². The van der Waals surface area contributed by atoms with E-state index in [0.717, 1.165) is 16.3 Å². The van der Waals surface area contributed by atoms with E-state index in [1.165, 1.54) is 34.1 Å². The average molecular weight is 585 g/mol. The van der Waals surface area contributed by atoms with Crippen molar-refractivity contribution < 1.29 is 38.9 Å². The lowest BCUT2D eigenvalue weighted by Crippen LogP contribution is -2.75. The number of rotatable bonds is 7. The molecule has 2 fully saturated rings. The summed E-state index contributed by atoms with van der Waals surface area (Å²) in [4.78, 5) is 80.3. The Morgan fingerprint density at radius 2 is 1.85 bits per heavy atom. The summed E-state index contributed by atoms with van der Waals surface area (Å²) in [6.07, 6.45) is -1.15. The van der Waals surface area contributed by atoms with Crippen molar-refractivity contribution in [3.8, 4) is 5.75 Å². The number of phenols is 1. The SMILES string of the molecule is NC(=O)OCC1(C(=O)O)CS[C@@H]2C(N(C(=O)CNC(=O)n3c(=O)[nH]c4ccccc43)c3ccc(O)cc3)C(=O)N2C1. The number of nitrogens with zero attached hydrogens (tertiary/aromatic N) is 3. The van der Waals surface area contributed by atoms with Crippen LogP contribution in [-0.2, 0) is 19.1 Å². The predicted molar refractivity (Wildman–Crippen MR) is 144 cm³/mol. The largest absolute Gasteiger partial charge is 0.508 e. The van der Waals surface area contributed by atoms with E-state index in [1.807, 2.05) is 0 Å². The number of para-hydroxylation sites is 2. The number of hydrogen-bond donors (Lipinski definition) is 5. The molecule has 0 bridgehead atoms. The van der Waals surface area contributed by atoms with Crippen LogP contribution in [0.1, 0.15) is 0 Å². The Balaban J connectivity index is 1.37. The Morgan fingerprint density at radius 3 is 2.54 bits per heavy atom. The van der Waals surface area contributed by atoms with Crippen molar-refractivity contribution in [3.63, 3.8) is 0 Å². The highest BCUT2D eigenvalue weighted by atomic mass is 32.2. The van der Waals surface area contributed by atoms with Crippen molar-refractivity contribution in [3.05, 3.63) is 59.0 Å². The number of β-lactam (4-membered cyclic amide) rings is 1. The number of amides is 4. The number of imidazole rings is 1. The number of fused-ring (bicyclic) bond motifs is 2. The highest BCUT2D eigenvalue weighted by Gasteiger charge is 2.60. The molecule has 3 aromatic rings. The summed E-state index contributed by atoms with van der Waals surface area (Å²) in [5, 5.41) is 21.3. The van der Waals surface area contributed by atoms with E-state index in [4.69, 9.17) is 10.5 Å². The molecular formula is C25H24N6O9S. The van der Waals surface area contributed by atoms with Crippen LogP contribution in [0.3, 0.4) is 0 Å². The fourth-order valence-corrected chi connectivity index (χ4v) is 6.41. The average Bonchev–Trinajstić information content (AvgIpc) is 3.29. The molecule has 1 aromatic heterocycles. The number of nitrogens with two attached hydrogens (primary N) is 1. The third kappa shape index (κ3) is 4.93. The van der Waals surface area contributed by atoms with Gasteiger partial charge in [-0.3, -0.25) is 19.3 Å². The fourth-order valence-electron chi connectivity index (χ4n) is 4.84. The topological polar surface area (TPSA) is 217 Å². The standard InChI is InChI=1S/C25H24N6O9S/c26-22(37)40-11-25(21(35)36)10-29-19(34)18(20(29)41-12-25)30(13-5-7-14(32)8-6-13)17(33)9-27-23(38)31-16-4-2-1-3-15(16)28-24(31)39/h1-8,18,20,32H,9-12H2,(H2,26,37)(H,27,38)(H,28,39)(H,35,36)/t18?,20-,25?/m1/s1. The number of primary amides is 1. The van der Waals surface area contributed by atoms with Gasteiger partial charge in [-0.1, -0.05) is 12.1 Å². The minimum absolute atomic E-state index is 0.0433. The van der Waals surface area contributed by atoms with Crippen molar-refractivity contribution in [2.24, 2.45) is 11.1 Å². The summed E-state index contributed by atoms with van der Waals surface area (Å²) in [5.41, 5.74) is 3.70. The van der Waals surface area contributed by atoms with Crippen LogP contribution in [0.15, 0.2) is 53.3 Å². The highest BCUT2D eigenvalue weighted by molar-refractivity contribution is 8.00. The van der Waals surface area contributed by atoms with Gasteiger partial charge >= 0.3 is 23.8 Å². The van der Waals surface area contributed by atoms with Crippen LogP contribution in [0.5, 0.6) is 5.75 Å². The lowest BCUT2D eigenvalue weighted by molar-refractivity contribution is -0.159. The highest BCUT2D eigenvalue weighted by Crippen LogP contribution is 2.45. The van der Waals surface area contributed by atoms with Gasteiger partial charge in [-0.05, 0) is 36.4 Å². The normalized spacial score (nSPS) is 21.5. The zero-order valence-corrected chi connectivity index (χ0v) is 22.0. The first-order chi connectivity index (χ1) is 19.5. The van der Waals surface area contributed by atoms with Crippen molar-refractivity contribution in [2.75, 3.05) is 30.3 Å². The van der Waals surface area contributed by atoms with Gasteiger partial charge in [0, 0.05) is 18.0 Å². The zero-order chi connectivity index (χ0) is 29.5. The molecule has 3 atom stereocenters. The number of aromatic nitrogens is 2. The van der Waals surface area contributed by atoms with Gasteiger partial charge in [0.15, 0.2) is 0 Å². The molecule has 2 unspecified atom stereocenters. The summed E-state index contributed by atoms with van der Waals surface area (Å²) in [6, 6.07) is 10.1. The molecule has 0 saturated carbocycles. The van der Waals surface area contributed by atoms with Gasteiger partial charge in [0.25, 0.3) is 0 Å². The Morgan fingerprint density at radius 1 is 1.15 bits per heavy atom. The molecule has 4 amide bonds. The molecule has 2 aliphatic heterocycles. The molecule has 0 aliphatic carbocycles. The zero-order valence-electron chi connectivity index (χ0n) is 21.2. The van der Waals surface area contributed by atoms with Crippen molar-refractivity contribution in [1.29, 1.82) is 0 Å². The third-order valence-corrected chi connectivity index (χ3v) is 8.49. The van der Waals surface area contributed by atoms with Gasteiger partial charge in [-0.25, -0.2) is 19.0 Å². The first-order valence-electron chi connectivity index (χ1n) is 12.2. The van der Waals surface area contributed by atoms with Gasteiger partial charge in [0.1, 0.15) is 29.2 Å². The van der Waals surface area contributed by atoms with E-state index >= 15 is 0 Å². The van der Waals surface area contributed by atoms with E-state index in [1.54, 1.807) is 24.3 Å². The maximum atomic E-state index is 13.5. The molecule has 2 aromatic carbocycles. The molecule has 41 heavy (non-hydrogen) atoms. The lowest BCUT2D eigenvalue weighted by Gasteiger charge is -2.56. The van der Waals surface area contributed by atoms with Crippen LogP contribution in [0, 0.1) is 5.41 Å². The van der Waals surface area contributed by atoms with Gasteiger partial charge < -0.3 is 35.9 Å². The Kier molecular flexibility index (Phi) is 7.08. The molecule has 15 nitrogen and oxygen atoms in total. The third-order valence-electron chi connectivity index (χ3n) is 6.92. The summed E-state index contributed by atoms with van der Waals surface area (Å²) >= 11 is 1.09. The predicted octanol–water partition coefficient (Wildman–Crippen LogP) is 0.0761. The van der Waals surface area contributed by atoms with Gasteiger partial charge in [-0.15, -0.1) is 11.8 Å². The number of carboxylic acids is 1. The van der Waals surface area contributed by atoms with Crippen molar-refractivity contribution >= 4 is 58.4 Å². The number of hydrogen-bond acceptors (Lipinski definition) is 9. The number of phenolic OH excluding ortho intramolecular Hbond substituents is 1. The van der Waals surface area contributed by atoms with E-state index in [-0.39, 0.29) is 23.7 Å². The number of carbonyl (C=O) groups excluding carboxylic acids is 4. The fraction of sp³-hybridized carbons (Fsp3) is 0.280. The van der Waals surface area contributed by atoms with Crippen molar-refractivity contribution in [1.82, 2.24) is 19.8 Å². The molecule has 0 radical (unpaired) electrons. The summed E-state index contributed by atoms with van der Waals surface area (Å²) < 4.78 is 5.60. The minimum Gasteiger partial charge on any atom is -0.508 e. The second-order valence-corrected chi connectivity index (χ2v) is 10.6.